The van der Waals surface area contributed by atoms with Crippen LogP contribution in [0.25, 0.3) is 0 Å². The van der Waals surface area contributed by atoms with Gasteiger partial charge in [-0.3, -0.25) is 0 Å². The van der Waals surface area contributed by atoms with Crippen LogP contribution in [0.15, 0.2) is 4.34 Å². The first kappa shape index (κ1) is 9.27. The maximum absolute atomic E-state index is 4.09. The minimum absolute atomic E-state index is 0.913. The fraction of sp³-hybridized carbons (Fsp3) is 0.750. The highest BCUT2D eigenvalue weighted by Gasteiger charge is 2.18. The maximum atomic E-state index is 4.09. The van der Waals surface area contributed by atoms with Crippen LogP contribution in [-0.2, 0) is 0 Å². The number of thioether (sulfide) groups is 1. The zero-order valence-corrected chi connectivity index (χ0v) is 9.25. The van der Waals surface area contributed by atoms with Crippen molar-refractivity contribution in [2.24, 2.45) is 5.92 Å². The van der Waals surface area contributed by atoms with Crippen LogP contribution in [-0.4, -0.2) is 23.0 Å². The van der Waals surface area contributed by atoms with Gasteiger partial charge in [-0.25, -0.2) is 0 Å². The average Bonchev–Trinajstić information content (AvgIpc) is 2.49. The highest BCUT2D eigenvalue weighted by Crippen LogP contribution is 2.34. The van der Waals surface area contributed by atoms with Crippen molar-refractivity contribution in [1.29, 1.82) is 0 Å². The van der Waals surface area contributed by atoms with Crippen LogP contribution in [0.4, 0.5) is 5.13 Å². The fourth-order valence-electron chi connectivity index (χ4n) is 1.22. The molecule has 13 heavy (non-hydrogen) atoms. The van der Waals surface area contributed by atoms with E-state index < -0.39 is 0 Å². The predicted molar refractivity (Wildman–Crippen MR) is 57.5 cm³/mol. The van der Waals surface area contributed by atoms with E-state index >= 15 is 0 Å². The van der Waals surface area contributed by atoms with Gasteiger partial charge in [-0.15, -0.1) is 10.2 Å². The lowest BCUT2D eigenvalue weighted by Gasteiger charge is -2.23. The zero-order chi connectivity index (χ0) is 9.10. The third-order valence-electron chi connectivity index (χ3n) is 2.29. The Bertz CT molecular complexity index is 270. The Balaban J connectivity index is 1.79. The number of anilines is 1. The SMILES string of the molecule is CNc1nnc(SCC2CCC2)s1. The first-order valence-electron chi connectivity index (χ1n) is 4.52. The average molecular weight is 215 g/mol. The minimum atomic E-state index is 0.913. The van der Waals surface area contributed by atoms with Crippen molar-refractivity contribution in [3.63, 3.8) is 0 Å². The van der Waals surface area contributed by atoms with Crippen LogP contribution in [0.1, 0.15) is 19.3 Å². The van der Waals surface area contributed by atoms with E-state index in [9.17, 15) is 0 Å². The summed E-state index contributed by atoms with van der Waals surface area (Å²) >= 11 is 3.48. The van der Waals surface area contributed by atoms with Crippen LogP contribution < -0.4 is 5.32 Å². The molecular formula is C8H13N3S2. The molecule has 0 amide bonds. The second-order valence-corrected chi connectivity index (χ2v) is 5.48. The smallest absolute Gasteiger partial charge is 0.206 e. The predicted octanol–water partition coefficient (Wildman–Crippen LogP) is 2.47. The molecule has 1 saturated carbocycles. The van der Waals surface area contributed by atoms with Gasteiger partial charge in [-0.1, -0.05) is 29.5 Å². The molecule has 1 aliphatic rings. The number of nitrogens with zero attached hydrogens (tertiary/aromatic N) is 2. The molecule has 0 atom stereocenters. The largest absolute Gasteiger partial charge is 0.363 e. The summed E-state index contributed by atoms with van der Waals surface area (Å²) in [6.45, 7) is 0. The lowest BCUT2D eigenvalue weighted by Crippen LogP contribution is -2.12. The Morgan fingerprint density at radius 1 is 1.54 bits per heavy atom. The van der Waals surface area contributed by atoms with Gasteiger partial charge in [0.15, 0.2) is 4.34 Å². The standard InChI is InChI=1S/C8H13N3S2/c1-9-7-10-11-8(13-7)12-5-6-3-2-4-6/h6H,2-5H2,1H3,(H,9,10). The molecule has 5 heteroatoms. The monoisotopic (exact) mass is 215 g/mol. The Morgan fingerprint density at radius 3 is 2.92 bits per heavy atom. The van der Waals surface area contributed by atoms with E-state index in [1.165, 1.54) is 25.0 Å². The molecule has 1 aromatic heterocycles. The van der Waals surface area contributed by atoms with Gasteiger partial charge in [0.05, 0.1) is 0 Å². The second-order valence-electron chi connectivity index (χ2n) is 3.23. The normalized spacial score (nSPS) is 17.0. The van der Waals surface area contributed by atoms with Gasteiger partial charge >= 0.3 is 0 Å². The summed E-state index contributed by atoms with van der Waals surface area (Å²) in [7, 11) is 1.88. The summed E-state index contributed by atoms with van der Waals surface area (Å²) in [6.07, 6.45) is 4.23. The van der Waals surface area contributed by atoms with Crippen LogP contribution >= 0.6 is 23.1 Å². The Morgan fingerprint density at radius 2 is 2.38 bits per heavy atom. The van der Waals surface area contributed by atoms with Crippen molar-refractivity contribution < 1.29 is 0 Å². The number of hydrogen-bond donors (Lipinski definition) is 1. The van der Waals surface area contributed by atoms with Crippen molar-refractivity contribution in [3.8, 4) is 0 Å². The quantitative estimate of drug-likeness (QED) is 0.783. The van der Waals surface area contributed by atoms with E-state index in [0.29, 0.717) is 0 Å². The molecular weight excluding hydrogens is 202 g/mol. The molecule has 1 N–H and O–H groups in total. The van der Waals surface area contributed by atoms with Crippen LogP contribution in [0, 0.1) is 5.92 Å². The number of nitrogens with one attached hydrogen (secondary N) is 1. The molecule has 0 aliphatic heterocycles. The topological polar surface area (TPSA) is 37.8 Å². The first-order chi connectivity index (χ1) is 6.38. The lowest BCUT2D eigenvalue weighted by atomic mass is 9.87. The van der Waals surface area contributed by atoms with Gasteiger partial charge in [0.1, 0.15) is 0 Å². The van der Waals surface area contributed by atoms with Crippen molar-refractivity contribution in [2.45, 2.75) is 23.6 Å². The van der Waals surface area contributed by atoms with Crippen molar-refractivity contribution in [1.82, 2.24) is 10.2 Å². The highest BCUT2D eigenvalue weighted by atomic mass is 32.2. The Hall–Kier alpha value is -0.290. The molecule has 72 valence electrons. The molecule has 0 spiro atoms. The van der Waals surface area contributed by atoms with Crippen LogP contribution in [0.2, 0.25) is 0 Å². The molecule has 0 radical (unpaired) electrons. The summed E-state index contributed by atoms with van der Waals surface area (Å²) in [5, 5.41) is 12.0. The molecule has 1 aliphatic carbocycles. The van der Waals surface area contributed by atoms with E-state index in [4.69, 9.17) is 0 Å². The van der Waals surface area contributed by atoms with Gasteiger partial charge < -0.3 is 5.32 Å². The molecule has 1 aromatic rings. The van der Waals surface area contributed by atoms with Gasteiger partial charge in [0, 0.05) is 12.8 Å². The van der Waals surface area contributed by atoms with E-state index in [-0.39, 0.29) is 0 Å². The van der Waals surface area contributed by atoms with Crippen molar-refractivity contribution in [2.75, 3.05) is 18.1 Å². The van der Waals surface area contributed by atoms with Crippen LogP contribution in [0.3, 0.4) is 0 Å². The number of rotatable bonds is 4. The molecule has 2 rings (SSSR count). The summed E-state index contributed by atoms with van der Waals surface area (Å²) in [5.41, 5.74) is 0. The summed E-state index contributed by atoms with van der Waals surface area (Å²) < 4.78 is 1.09. The molecule has 1 heterocycles. The van der Waals surface area contributed by atoms with Gasteiger partial charge in [0.25, 0.3) is 0 Å². The molecule has 1 fully saturated rings. The minimum Gasteiger partial charge on any atom is -0.363 e. The van der Waals surface area contributed by atoms with E-state index in [1.807, 2.05) is 18.8 Å². The number of hydrogen-bond acceptors (Lipinski definition) is 5. The fourth-order valence-corrected chi connectivity index (χ4v) is 3.14. The van der Waals surface area contributed by atoms with E-state index in [2.05, 4.69) is 15.5 Å². The Kier molecular flexibility index (Phi) is 3.05. The third-order valence-corrected chi connectivity index (χ3v) is 4.59. The molecule has 0 unspecified atom stereocenters. The lowest BCUT2D eigenvalue weighted by molar-refractivity contribution is 0.353. The second kappa shape index (κ2) is 4.28. The van der Waals surface area contributed by atoms with E-state index in [1.54, 1.807) is 11.3 Å². The summed E-state index contributed by atoms with van der Waals surface area (Å²) in [5.74, 6) is 2.16. The van der Waals surface area contributed by atoms with Crippen LogP contribution in [0.5, 0.6) is 0 Å². The van der Waals surface area contributed by atoms with Crippen molar-refractivity contribution >= 4 is 28.2 Å². The van der Waals surface area contributed by atoms with Gasteiger partial charge in [-0.05, 0) is 18.8 Å². The van der Waals surface area contributed by atoms with Gasteiger partial charge in [0.2, 0.25) is 5.13 Å². The third kappa shape index (κ3) is 2.34. The molecule has 0 bridgehead atoms. The number of aromatic nitrogens is 2. The molecule has 0 aromatic carbocycles. The van der Waals surface area contributed by atoms with E-state index in [0.717, 1.165) is 15.4 Å². The summed E-state index contributed by atoms with van der Waals surface area (Å²) in [6, 6.07) is 0. The maximum Gasteiger partial charge on any atom is 0.206 e. The first-order valence-corrected chi connectivity index (χ1v) is 6.33. The molecule has 0 saturated heterocycles. The zero-order valence-electron chi connectivity index (χ0n) is 7.62. The Labute approximate surface area is 86.3 Å². The summed E-state index contributed by atoms with van der Waals surface area (Å²) in [4.78, 5) is 0. The molecule has 3 nitrogen and oxygen atoms in total. The van der Waals surface area contributed by atoms with Crippen molar-refractivity contribution in [3.05, 3.63) is 0 Å². The van der Waals surface area contributed by atoms with Gasteiger partial charge in [-0.2, -0.15) is 0 Å². The highest BCUT2D eigenvalue weighted by molar-refractivity contribution is 8.01.